The van der Waals surface area contributed by atoms with Crippen molar-refractivity contribution in [3.05, 3.63) is 109 Å². The Hall–Kier alpha value is -3.92. The van der Waals surface area contributed by atoms with E-state index in [0.717, 1.165) is 50.8 Å². The van der Waals surface area contributed by atoms with Gasteiger partial charge in [0.1, 0.15) is 12.4 Å². The number of benzene rings is 2. The molecule has 36 heavy (non-hydrogen) atoms. The molecule has 0 radical (unpaired) electrons. The molecule has 0 saturated carbocycles. The molecule has 2 aromatic heterocycles. The molecule has 0 amide bonds. The lowest BCUT2D eigenvalue weighted by Gasteiger charge is -2.22. The highest BCUT2D eigenvalue weighted by Gasteiger charge is 2.17. The van der Waals surface area contributed by atoms with E-state index in [-0.39, 0.29) is 5.41 Å². The minimum atomic E-state index is 0.00136. The van der Waals surface area contributed by atoms with E-state index in [0.29, 0.717) is 18.9 Å². The first kappa shape index (κ1) is 25.2. The van der Waals surface area contributed by atoms with Crippen LogP contribution in [-0.2, 0) is 16.6 Å². The van der Waals surface area contributed by atoms with Crippen LogP contribution in [0, 0.1) is 0 Å². The van der Waals surface area contributed by atoms with Gasteiger partial charge in [-0.15, -0.1) is 0 Å². The predicted octanol–water partition coefficient (Wildman–Crippen LogP) is 7.50. The van der Waals surface area contributed by atoms with Crippen LogP contribution in [0.4, 0.5) is 0 Å². The minimum Gasteiger partial charge on any atom is -0.492 e. The molecular formula is C32H35N3O. The molecule has 0 unspecified atom stereocenters. The van der Waals surface area contributed by atoms with E-state index in [1.165, 1.54) is 11.1 Å². The van der Waals surface area contributed by atoms with Crippen LogP contribution in [0.5, 0.6) is 0 Å². The van der Waals surface area contributed by atoms with E-state index in [1.807, 2.05) is 19.2 Å². The number of fused-ring (bicyclic) bond motifs is 3. The van der Waals surface area contributed by atoms with Crippen LogP contribution in [-0.4, -0.2) is 23.1 Å². The first-order valence-electron chi connectivity index (χ1n) is 12.3. The number of hydrogen-bond donors (Lipinski definition) is 1. The predicted molar refractivity (Wildman–Crippen MR) is 152 cm³/mol. The van der Waals surface area contributed by atoms with Crippen molar-refractivity contribution in [2.24, 2.45) is 0 Å². The molecule has 4 nitrogen and oxygen atoms in total. The maximum atomic E-state index is 5.60. The van der Waals surface area contributed by atoms with E-state index >= 15 is 0 Å². The van der Waals surface area contributed by atoms with Gasteiger partial charge in [0.25, 0.3) is 0 Å². The SMILES string of the molecule is C=C(Cc1cc(-c2ccc3ccc4cccnc4c3n2)cc(C(C)(C)C)c1)NCCOC(=C)C(=C)C. The van der Waals surface area contributed by atoms with Crippen molar-refractivity contribution in [1.82, 2.24) is 15.3 Å². The minimum absolute atomic E-state index is 0.00136. The Morgan fingerprint density at radius 2 is 1.67 bits per heavy atom. The van der Waals surface area contributed by atoms with Crippen molar-refractivity contribution < 1.29 is 4.74 Å². The molecule has 0 atom stereocenters. The van der Waals surface area contributed by atoms with Gasteiger partial charge in [-0.05, 0) is 53.3 Å². The highest BCUT2D eigenvalue weighted by molar-refractivity contribution is 6.03. The Morgan fingerprint density at radius 3 is 2.39 bits per heavy atom. The highest BCUT2D eigenvalue weighted by Crippen LogP contribution is 2.31. The molecule has 184 valence electrons. The molecule has 0 fully saturated rings. The Labute approximate surface area is 214 Å². The number of nitrogens with one attached hydrogen (secondary N) is 1. The number of pyridine rings is 2. The average Bonchev–Trinajstić information content (AvgIpc) is 2.85. The Kier molecular flexibility index (Phi) is 7.25. The van der Waals surface area contributed by atoms with Gasteiger partial charge >= 0.3 is 0 Å². The number of hydrogen-bond acceptors (Lipinski definition) is 4. The van der Waals surface area contributed by atoms with Crippen molar-refractivity contribution in [2.75, 3.05) is 13.2 Å². The quantitative estimate of drug-likeness (QED) is 0.117. The number of allylic oxidation sites excluding steroid dienone is 2. The van der Waals surface area contributed by atoms with Crippen LogP contribution in [0.1, 0.15) is 38.8 Å². The van der Waals surface area contributed by atoms with Crippen LogP contribution in [0.25, 0.3) is 33.1 Å². The molecule has 1 N–H and O–H groups in total. The summed E-state index contributed by atoms with van der Waals surface area (Å²) >= 11 is 0. The molecule has 0 spiro atoms. The third-order valence-electron chi connectivity index (χ3n) is 6.23. The van der Waals surface area contributed by atoms with Crippen LogP contribution in [0.3, 0.4) is 0 Å². The Morgan fingerprint density at radius 1 is 0.944 bits per heavy atom. The lowest BCUT2D eigenvalue weighted by Crippen LogP contribution is -2.20. The number of aromatic nitrogens is 2. The van der Waals surface area contributed by atoms with Crippen molar-refractivity contribution in [2.45, 2.75) is 39.5 Å². The van der Waals surface area contributed by atoms with Gasteiger partial charge in [-0.1, -0.05) is 70.8 Å². The summed E-state index contributed by atoms with van der Waals surface area (Å²) in [7, 11) is 0. The summed E-state index contributed by atoms with van der Waals surface area (Å²) in [6.07, 6.45) is 2.54. The second-order valence-electron chi connectivity index (χ2n) is 10.3. The zero-order valence-corrected chi connectivity index (χ0v) is 21.8. The summed E-state index contributed by atoms with van der Waals surface area (Å²) in [4.78, 5) is 9.69. The van der Waals surface area contributed by atoms with Gasteiger partial charge in [-0.25, -0.2) is 4.98 Å². The second-order valence-corrected chi connectivity index (χ2v) is 10.3. The van der Waals surface area contributed by atoms with Crippen LogP contribution in [0.15, 0.2) is 97.6 Å². The normalized spacial score (nSPS) is 11.4. The van der Waals surface area contributed by atoms with Gasteiger partial charge in [0, 0.05) is 41.2 Å². The molecule has 0 aliphatic heterocycles. The molecule has 4 heteroatoms. The third-order valence-corrected chi connectivity index (χ3v) is 6.23. The maximum absolute atomic E-state index is 5.60. The zero-order valence-electron chi connectivity index (χ0n) is 21.8. The Balaban J connectivity index is 1.61. The molecule has 0 aliphatic rings. The van der Waals surface area contributed by atoms with Crippen molar-refractivity contribution >= 4 is 21.8 Å². The molecule has 0 aliphatic carbocycles. The van der Waals surface area contributed by atoms with E-state index in [2.05, 4.69) is 99.3 Å². The van der Waals surface area contributed by atoms with Gasteiger partial charge in [-0.2, -0.15) is 0 Å². The monoisotopic (exact) mass is 477 g/mol. The van der Waals surface area contributed by atoms with Crippen LogP contribution >= 0.6 is 0 Å². The molecule has 2 heterocycles. The fourth-order valence-corrected chi connectivity index (χ4v) is 4.09. The van der Waals surface area contributed by atoms with Gasteiger partial charge in [0.15, 0.2) is 0 Å². The fourth-order valence-electron chi connectivity index (χ4n) is 4.09. The first-order valence-corrected chi connectivity index (χ1v) is 12.3. The molecule has 2 aromatic carbocycles. The topological polar surface area (TPSA) is 47.0 Å². The van der Waals surface area contributed by atoms with Crippen molar-refractivity contribution in [1.29, 1.82) is 0 Å². The summed E-state index contributed by atoms with van der Waals surface area (Å²) in [6.45, 7) is 21.7. The number of ether oxygens (including phenoxy) is 1. The Bertz CT molecular complexity index is 1460. The van der Waals surface area contributed by atoms with E-state index in [1.54, 1.807) is 0 Å². The van der Waals surface area contributed by atoms with Gasteiger partial charge in [0.2, 0.25) is 0 Å². The summed E-state index contributed by atoms with van der Waals surface area (Å²) in [5, 5.41) is 5.56. The fraction of sp³-hybridized carbons (Fsp3) is 0.250. The van der Waals surface area contributed by atoms with Crippen molar-refractivity contribution in [3.63, 3.8) is 0 Å². The molecule has 0 bridgehead atoms. The molecule has 4 aromatic rings. The third kappa shape index (κ3) is 5.83. The molecule has 4 rings (SSSR count). The maximum Gasteiger partial charge on any atom is 0.114 e. The smallest absolute Gasteiger partial charge is 0.114 e. The summed E-state index contributed by atoms with van der Waals surface area (Å²) in [5.74, 6) is 0.621. The summed E-state index contributed by atoms with van der Waals surface area (Å²) in [6, 6.07) is 19.2. The van der Waals surface area contributed by atoms with E-state index in [4.69, 9.17) is 9.72 Å². The lowest BCUT2D eigenvalue weighted by molar-refractivity contribution is 0.224. The zero-order chi connectivity index (χ0) is 25.9. The number of nitrogens with zero attached hydrogens (tertiary/aromatic N) is 2. The highest BCUT2D eigenvalue weighted by atomic mass is 16.5. The van der Waals surface area contributed by atoms with E-state index < -0.39 is 0 Å². The molecule has 0 saturated heterocycles. The first-order chi connectivity index (χ1) is 17.1. The number of rotatable bonds is 9. The average molecular weight is 478 g/mol. The van der Waals surface area contributed by atoms with E-state index in [9.17, 15) is 0 Å². The summed E-state index contributed by atoms with van der Waals surface area (Å²) in [5.41, 5.74) is 8.14. The van der Waals surface area contributed by atoms with Gasteiger partial charge in [-0.3, -0.25) is 4.98 Å². The second kappa shape index (κ2) is 10.4. The lowest BCUT2D eigenvalue weighted by atomic mass is 9.84. The van der Waals surface area contributed by atoms with Gasteiger partial charge in [0.05, 0.1) is 16.7 Å². The van der Waals surface area contributed by atoms with Crippen LogP contribution < -0.4 is 5.32 Å². The summed E-state index contributed by atoms with van der Waals surface area (Å²) < 4.78 is 5.60. The standard InChI is InChI=1S/C32H35N3O/c1-21(2)23(4)36-16-15-33-22(3)17-24-18-27(20-28(19-24)32(5,6)7)29-13-12-26-11-10-25-9-8-14-34-30(25)31(26)35-29/h8-14,18-20,33H,1,3-4,15-17H2,2,5-7H3. The largest absolute Gasteiger partial charge is 0.492 e. The molecular weight excluding hydrogens is 442 g/mol. The van der Waals surface area contributed by atoms with Gasteiger partial charge < -0.3 is 10.1 Å². The van der Waals surface area contributed by atoms with Crippen LogP contribution in [0.2, 0.25) is 0 Å². The van der Waals surface area contributed by atoms with Crippen molar-refractivity contribution in [3.8, 4) is 11.3 Å².